The van der Waals surface area contributed by atoms with E-state index in [1.165, 1.54) is 11.3 Å². The van der Waals surface area contributed by atoms with Crippen LogP contribution in [0.5, 0.6) is 0 Å². The molecule has 0 aliphatic rings. The molecule has 0 aliphatic carbocycles. The summed E-state index contributed by atoms with van der Waals surface area (Å²) in [4.78, 5) is 28.0. The van der Waals surface area contributed by atoms with Crippen LogP contribution in [0.2, 0.25) is 0 Å². The summed E-state index contributed by atoms with van der Waals surface area (Å²) in [7, 11) is 0. The van der Waals surface area contributed by atoms with Gasteiger partial charge in [-0.1, -0.05) is 44.2 Å². The first-order valence-corrected chi connectivity index (χ1v) is 10.5. The van der Waals surface area contributed by atoms with Crippen molar-refractivity contribution < 1.29 is 9.59 Å². The van der Waals surface area contributed by atoms with E-state index >= 15 is 0 Å². The molecule has 29 heavy (non-hydrogen) atoms. The zero-order valence-electron chi connectivity index (χ0n) is 16.6. The third kappa shape index (κ3) is 5.53. The Kier molecular flexibility index (Phi) is 7.16. The second-order valence-corrected chi connectivity index (χ2v) is 7.53. The van der Waals surface area contributed by atoms with Gasteiger partial charge in [0.2, 0.25) is 0 Å². The number of para-hydroxylation sites is 1. The summed E-state index contributed by atoms with van der Waals surface area (Å²) in [6.45, 7) is 6.93. The predicted octanol–water partition coefficient (Wildman–Crippen LogP) is 5.09. The van der Waals surface area contributed by atoms with Gasteiger partial charge in [-0.25, -0.2) is 0 Å². The van der Waals surface area contributed by atoms with E-state index in [0.29, 0.717) is 16.1 Å². The molecule has 5 nitrogen and oxygen atoms in total. The van der Waals surface area contributed by atoms with Crippen LogP contribution in [0.4, 0.5) is 11.4 Å². The number of hydrogen-bond donors (Lipinski definition) is 2. The topological polar surface area (TPSA) is 61.4 Å². The van der Waals surface area contributed by atoms with Gasteiger partial charge in [0.05, 0.1) is 4.88 Å². The fourth-order valence-electron chi connectivity index (χ4n) is 3.00. The molecule has 0 atom stereocenters. The second-order valence-electron chi connectivity index (χ2n) is 6.58. The molecular weight excluding hydrogens is 382 g/mol. The molecular formula is C23H25N3O2S. The molecule has 0 spiro atoms. The highest BCUT2D eigenvalue weighted by atomic mass is 32.1. The lowest BCUT2D eigenvalue weighted by Gasteiger charge is -2.20. The molecule has 2 amide bonds. The van der Waals surface area contributed by atoms with Gasteiger partial charge in [-0.05, 0) is 54.4 Å². The Morgan fingerprint density at radius 2 is 1.69 bits per heavy atom. The quantitative estimate of drug-likeness (QED) is 0.546. The van der Waals surface area contributed by atoms with Gasteiger partial charge in [-0.2, -0.15) is 0 Å². The largest absolute Gasteiger partial charge is 0.322 e. The minimum absolute atomic E-state index is 0.179. The van der Waals surface area contributed by atoms with E-state index in [1.54, 1.807) is 30.3 Å². The Bertz CT molecular complexity index is 966. The highest BCUT2D eigenvalue weighted by molar-refractivity contribution is 7.12. The van der Waals surface area contributed by atoms with Gasteiger partial charge >= 0.3 is 0 Å². The average molecular weight is 408 g/mol. The molecule has 0 saturated carbocycles. The third-order valence-corrected chi connectivity index (χ3v) is 5.55. The molecule has 2 aromatic carbocycles. The molecule has 3 aromatic rings. The predicted molar refractivity (Wildman–Crippen MR) is 120 cm³/mol. The summed E-state index contributed by atoms with van der Waals surface area (Å²) in [6.07, 6.45) is 0. The van der Waals surface area contributed by atoms with Crippen molar-refractivity contribution in [3.05, 3.63) is 82.0 Å². The van der Waals surface area contributed by atoms with E-state index in [2.05, 4.69) is 29.4 Å². The van der Waals surface area contributed by atoms with Gasteiger partial charge < -0.3 is 10.6 Å². The molecule has 3 rings (SSSR count). The third-order valence-electron chi connectivity index (χ3n) is 4.68. The Morgan fingerprint density at radius 3 is 2.41 bits per heavy atom. The van der Waals surface area contributed by atoms with Crippen LogP contribution in [0, 0.1) is 0 Å². The molecule has 150 valence electrons. The monoisotopic (exact) mass is 407 g/mol. The average Bonchev–Trinajstić information content (AvgIpc) is 3.28. The molecule has 1 aromatic heterocycles. The minimum atomic E-state index is -0.204. The standard InChI is InChI=1S/C23H25N3O2S/c1-3-26(4-2)16-18-9-5-6-12-20(18)25-22(27)17-10-7-11-19(15-17)24-23(28)21-13-8-14-29-21/h5-15H,3-4,16H2,1-2H3,(H,24,28)(H,25,27). The molecule has 0 radical (unpaired) electrons. The van der Waals surface area contributed by atoms with E-state index in [0.717, 1.165) is 30.9 Å². The van der Waals surface area contributed by atoms with E-state index in [-0.39, 0.29) is 11.8 Å². The summed E-state index contributed by atoms with van der Waals surface area (Å²) in [6, 6.07) is 18.4. The SMILES string of the molecule is CCN(CC)Cc1ccccc1NC(=O)c1cccc(NC(=O)c2cccs2)c1. The van der Waals surface area contributed by atoms with E-state index in [1.807, 2.05) is 35.7 Å². The number of carbonyl (C=O) groups excluding carboxylic acids is 2. The number of anilines is 2. The second kappa shape index (κ2) is 10.0. The van der Waals surface area contributed by atoms with E-state index in [4.69, 9.17) is 0 Å². The van der Waals surface area contributed by atoms with Crippen LogP contribution < -0.4 is 10.6 Å². The van der Waals surface area contributed by atoms with Crippen molar-refractivity contribution in [3.63, 3.8) is 0 Å². The van der Waals surface area contributed by atoms with Gasteiger partial charge in [-0.3, -0.25) is 14.5 Å². The molecule has 6 heteroatoms. The van der Waals surface area contributed by atoms with Gasteiger partial charge in [0.15, 0.2) is 0 Å². The van der Waals surface area contributed by atoms with E-state index < -0.39 is 0 Å². The van der Waals surface area contributed by atoms with Crippen molar-refractivity contribution in [1.29, 1.82) is 0 Å². The Balaban J connectivity index is 1.72. The van der Waals surface area contributed by atoms with Crippen molar-refractivity contribution in [2.24, 2.45) is 0 Å². The molecule has 0 saturated heterocycles. The summed E-state index contributed by atoms with van der Waals surface area (Å²) in [5.74, 6) is -0.383. The number of nitrogens with zero attached hydrogens (tertiary/aromatic N) is 1. The molecule has 0 aliphatic heterocycles. The normalized spacial score (nSPS) is 10.7. The highest BCUT2D eigenvalue weighted by Crippen LogP contribution is 2.20. The van der Waals surface area contributed by atoms with Crippen molar-refractivity contribution >= 4 is 34.5 Å². The first-order valence-electron chi connectivity index (χ1n) is 9.67. The highest BCUT2D eigenvalue weighted by Gasteiger charge is 2.12. The van der Waals surface area contributed by atoms with Gasteiger partial charge in [0, 0.05) is 23.5 Å². The van der Waals surface area contributed by atoms with Crippen molar-refractivity contribution in [2.45, 2.75) is 20.4 Å². The number of nitrogens with one attached hydrogen (secondary N) is 2. The fourth-order valence-corrected chi connectivity index (χ4v) is 3.62. The summed E-state index contributed by atoms with van der Waals surface area (Å²) in [5.41, 5.74) is 2.96. The zero-order chi connectivity index (χ0) is 20.6. The summed E-state index contributed by atoms with van der Waals surface area (Å²) >= 11 is 1.38. The van der Waals surface area contributed by atoms with Crippen molar-refractivity contribution in [3.8, 4) is 0 Å². The van der Waals surface area contributed by atoms with Crippen LogP contribution in [0.25, 0.3) is 0 Å². The van der Waals surface area contributed by atoms with Crippen LogP contribution in [-0.2, 0) is 6.54 Å². The number of hydrogen-bond acceptors (Lipinski definition) is 4. The van der Waals surface area contributed by atoms with Crippen LogP contribution in [0.15, 0.2) is 66.0 Å². The number of carbonyl (C=O) groups is 2. The van der Waals surface area contributed by atoms with Crippen molar-refractivity contribution in [1.82, 2.24) is 4.90 Å². The maximum Gasteiger partial charge on any atom is 0.265 e. The molecule has 1 heterocycles. The first-order chi connectivity index (χ1) is 14.1. The van der Waals surface area contributed by atoms with Crippen LogP contribution >= 0.6 is 11.3 Å². The maximum absolute atomic E-state index is 12.8. The lowest BCUT2D eigenvalue weighted by Crippen LogP contribution is -2.23. The van der Waals surface area contributed by atoms with Crippen LogP contribution in [0.1, 0.15) is 39.4 Å². The van der Waals surface area contributed by atoms with E-state index in [9.17, 15) is 9.59 Å². The minimum Gasteiger partial charge on any atom is -0.322 e. The first kappa shape index (κ1) is 20.8. The lowest BCUT2D eigenvalue weighted by atomic mass is 10.1. The summed E-state index contributed by atoms with van der Waals surface area (Å²) in [5, 5.41) is 7.71. The van der Waals surface area contributed by atoms with Gasteiger partial charge in [-0.15, -0.1) is 11.3 Å². The lowest BCUT2D eigenvalue weighted by molar-refractivity contribution is 0.101. The van der Waals surface area contributed by atoms with Crippen molar-refractivity contribution in [2.75, 3.05) is 23.7 Å². The summed E-state index contributed by atoms with van der Waals surface area (Å²) < 4.78 is 0. The molecule has 0 unspecified atom stereocenters. The van der Waals surface area contributed by atoms with Gasteiger partial charge in [0.25, 0.3) is 11.8 Å². The number of benzene rings is 2. The smallest absolute Gasteiger partial charge is 0.265 e. The Labute approximate surface area is 175 Å². The fraction of sp³-hybridized carbons (Fsp3) is 0.217. The van der Waals surface area contributed by atoms with Crippen LogP contribution in [-0.4, -0.2) is 29.8 Å². The van der Waals surface area contributed by atoms with Gasteiger partial charge in [0.1, 0.15) is 0 Å². The van der Waals surface area contributed by atoms with Crippen LogP contribution in [0.3, 0.4) is 0 Å². The molecule has 0 fully saturated rings. The number of amides is 2. The molecule has 2 N–H and O–H groups in total. The maximum atomic E-state index is 12.8. The number of thiophene rings is 1. The Morgan fingerprint density at radius 1 is 0.897 bits per heavy atom. The zero-order valence-corrected chi connectivity index (χ0v) is 17.5. The molecule has 0 bridgehead atoms. The number of rotatable bonds is 8. The Hall–Kier alpha value is -2.96.